The Labute approximate surface area is 94.4 Å². The SMILES string of the molecule is COc1cccc(F)c1C(=O)C1CCCC1. The van der Waals surface area contributed by atoms with Gasteiger partial charge in [0.05, 0.1) is 12.7 Å². The first kappa shape index (κ1) is 11.1. The molecule has 2 nitrogen and oxygen atoms in total. The van der Waals surface area contributed by atoms with Gasteiger partial charge in [-0.1, -0.05) is 18.9 Å². The van der Waals surface area contributed by atoms with Crippen LogP contribution in [0.5, 0.6) is 5.75 Å². The first-order valence-corrected chi connectivity index (χ1v) is 5.60. The topological polar surface area (TPSA) is 26.3 Å². The van der Waals surface area contributed by atoms with Crippen LogP contribution in [0.4, 0.5) is 4.39 Å². The summed E-state index contributed by atoms with van der Waals surface area (Å²) in [7, 11) is 1.46. The molecule has 86 valence electrons. The molecule has 0 bridgehead atoms. The van der Waals surface area contributed by atoms with Gasteiger partial charge in [-0.25, -0.2) is 4.39 Å². The quantitative estimate of drug-likeness (QED) is 0.734. The lowest BCUT2D eigenvalue weighted by Crippen LogP contribution is -2.14. The molecule has 16 heavy (non-hydrogen) atoms. The van der Waals surface area contributed by atoms with Crippen molar-refractivity contribution in [2.24, 2.45) is 5.92 Å². The Balaban J connectivity index is 2.34. The molecule has 0 saturated heterocycles. The molecule has 1 fully saturated rings. The van der Waals surface area contributed by atoms with Crippen LogP contribution in [0, 0.1) is 11.7 Å². The number of rotatable bonds is 3. The fraction of sp³-hybridized carbons (Fsp3) is 0.462. The molecule has 0 heterocycles. The number of halogens is 1. The summed E-state index contributed by atoms with van der Waals surface area (Å²) in [6, 6.07) is 4.50. The van der Waals surface area contributed by atoms with Gasteiger partial charge in [0.1, 0.15) is 11.6 Å². The zero-order valence-corrected chi connectivity index (χ0v) is 9.33. The Morgan fingerprint density at radius 1 is 1.38 bits per heavy atom. The summed E-state index contributed by atoms with van der Waals surface area (Å²) in [6.07, 6.45) is 3.87. The second-order valence-electron chi connectivity index (χ2n) is 4.16. The molecule has 0 aliphatic heterocycles. The fourth-order valence-electron chi connectivity index (χ4n) is 2.31. The number of Topliss-reactive ketones (excluding diaryl/α,β-unsaturated/α-hetero) is 1. The highest BCUT2D eigenvalue weighted by atomic mass is 19.1. The minimum absolute atomic E-state index is 0.0224. The molecule has 1 saturated carbocycles. The molecule has 0 N–H and O–H groups in total. The van der Waals surface area contributed by atoms with Crippen molar-refractivity contribution in [3.63, 3.8) is 0 Å². The van der Waals surface area contributed by atoms with Gasteiger partial charge in [-0.2, -0.15) is 0 Å². The van der Waals surface area contributed by atoms with E-state index in [9.17, 15) is 9.18 Å². The van der Waals surface area contributed by atoms with E-state index in [0.29, 0.717) is 5.75 Å². The molecule has 0 spiro atoms. The summed E-state index contributed by atoms with van der Waals surface area (Å²) >= 11 is 0. The lowest BCUT2D eigenvalue weighted by Gasteiger charge is -2.12. The third-order valence-corrected chi connectivity index (χ3v) is 3.17. The Morgan fingerprint density at radius 3 is 2.69 bits per heavy atom. The van der Waals surface area contributed by atoms with Crippen LogP contribution in [0.3, 0.4) is 0 Å². The van der Waals surface area contributed by atoms with Crippen molar-refractivity contribution in [2.45, 2.75) is 25.7 Å². The van der Waals surface area contributed by atoms with E-state index in [0.717, 1.165) is 25.7 Å². The van der Waals surface area contributed by atoms with Gasteiger partial charge < -0.3 is 4.74 Å². The van der Waals surface area contributed by atoms with Crippen molar-refractivity contribution in [3.05, 3.63) is 29.6 Å². The van der Waals surface area contributed by atoms with Gasteiger partial charge in [0, 0.05) is 5.92 Å². The molecule has 1 aliphatic rings. The van der Waals surface area contributed by atoms with Crippen LogP contribution in [0.15, 0.2) is 18.2 Å². The highest BCUT2D eigenvalue weighted by Crippen LogP contribution is 2.32. The third kappa shape index (κ3) is 1.94. The molecule has 2 rings (SSSR count). The summed E-state index contributed by atoms with van der Waals surface area (Å²) in [5, 5.41) is 0. The van der Waals surface area contributed by atoms with E-state index in [2.05, 4.69) is 0 Å². The number of carbonyl (C=O) groups excluding carboxylic acids is 1. The van der Waals surface area contributed by atoms with E-state index in [1.54, 1.807) is 12.1 Å². The summed E-state index contributed by atoms with van der Waals surface area (Å²) in [5.41, 5.74) is 0.122. The molecule has 3 heteroatoms. The average molecular weight is 222 g/mol. The molecule has 0 radical (unpaired) electrons. The van der Waals surface area contributed by atoms with Crippen LogP contribution in [0.1, 0.15) is 36.0 Å². The summed E-state index contributed by atoms with van der Waals surface area (Å²) < 4.78 is 18.7. The van der Waals surface area contributed by atoms with Crippen molar-refractivity contribution in [2.75, 3.05) is 7.11 Å². The summed E-state index contributed by atoms with van der Waals surface area (Å²) in [4.78, 5) is 12.1. The molecule has 1 aromatic rings. The van der Waals surface area contributed by atoms with E-state index < -0.39 is 5.82 Å². The van der Waals surface area contributed by atoms with Crippen molar-refractivity contribution in [3.8, 4) is 5.75 Å². The predicted octanol–water partition coefficient (Wildman–Crippen LogP) is 3.21. The minimum Gasteiger partial charge on any atom is -0.496 e. The highest BCUT2D eigenvalue weighted by molar-refractivity contribution is 6.00. The first-order chi connectivity index (χ1) is 7.74. The Bertz CT molecular complexity index is 395. The summed E-state index contributed by atoms with van der Waals surface area (Å²) in [5.74, 6) is -0.258. The van der Waals surface area contributed by atoms with Crippen molar-refractivity contribution in [1.29, 1.82) is 0 Å². The van der Waals surface area contributed by atoms with Gasteiger partial charge in [-0.05, 0) is 25.0 Å². The molecule has 0 aromatic heterocycles. The van der Waals surface area contributed by atoms with E-state index in [1.807, 2.05) is 0 Å². The molecule has 0 amide bonds. The fourth-order valence-corrected chi connectivity index (χ4v) is 2.31. The Kier molecular flexibility index (Phi) is 3.22. The number of methoxy groups -OCH3 is 1. The molecule has 0 atom stereocenters. The van der Waals surface area contributed by atoms with Gasteiger partial charge in [0.2, 0.25) is 0 Å². The first-order valence-electron chi connectivity index (χ1n) is 5.60. The number of hydrogen-bond acceptors (Lipinski definition) is 2. The van der Waals surface area contributed by atoms with E-state index in [4.69, 9.17) is 4.74 Å². The van der Waals surface area contributed by atoms with Crippen LogP contribution in [-0.2, 0) is 0 Å². The number of hydrogen-bond donors (Lipinski definition) is 0. The lowest BCUT2D eigenvalue weighted by molar-refractivity contribution is 0.0915. The van der Waals surface area contributed by atoms with Crippen molar-refractivity contribution < 1.29 is 13.9 Å². The van der Waals surface area contributed by atoms with Crippen molar-refractivity contribution >= 4 is 5.78 Å². The normalized spacial score (nSPS) is 16.4. The van der Waals surface area contributed by atoms with Crippen LogP contribution in [-0.4, -0.2) is 12.9 Å². The number of benzene rings is 1. The standard InChI is InChI=1S/C13H15FO2/c1-16-11-8-4-7-10(14)12(11)13(15)9-5-2-3-6-9/h4,7-9H,2-3,5-6H2,1H3. The van der Waals surface area contributed by atoms with E-state index >= 15 is 0 Å². The van der Waals surface area contributed by atoms with E-state index in [-0.39, 0.29) is 17.3 Å². The van der Waals surface area contributed by atoms with Gasteiger partial charge in [0.15, 0.2) is 5.78 Å². The van der Waals surface area contributed by atoms with Crippen LogP contribution >= 0.6 is 0 Å². The van der Waals surface area contributed by atoms with E-state index in [1.165, 1.54) is 13.2 Å². The Morgan fingerprint density at radius 2 is 2.06 bits per heavy atom. The van der Waals surface area contributed by atoms with Crippen molar-refractivity contribution in [1.82, 2.24) is 0 Å². The van der Waals surface area contributed by atoms with Crippen LogP contribution in [0.25, 0.3) is 0 Å². The average Bonchev–Trinajstić information content (AvgIpc) is 2.81. The van der Waals surface area contributed by atoms with Gasteiger partial charge in [-0.15, -0.1) is 0 Å². The Hall–Kier alpha value is -1.38. The second kappa shape index (κ2) is 4.64. The highest BCUT2D eigenvalue weighted by Gasteiger charge is 2.28. The molecular weight excluding hydrogens is 207 g/mol. The summed E-state index contributed by atoms with van der Waals surface area (Å²) in [6.45, 7) is 0. The molecular formula is C13H15FO2. The number of ether oxygens (including phenoxy) is 1. The van der Waals surface area contributed by atoms with Crippen LogP contribution in [0.2, 0.25) is 0 Å². The zero-order valence-electron chi connectivity index (χ0n) is 9.33. The third-order valence-electron chi connectivity index (χ3n) is 3.17. The monoisotopic (exact) mass is 222 g/mol. The maximum atomic E-state index is 13.6. The van der Waals surface area contributed by atoms with Crippen LogP contribution < -0.4 is 4.74 Å². The number of ketones is 1. The van der Waals surface area contributed by atoms with Gasteiger partial charge in [-0.3, -0.25) is 4.79 Å². The maximum absolute atomic E-state index is 13.6. The molecule has 1 aromatic carbocycles. The van der Waals surface area contributed by atoms with Gasteiger partial charge >= 0.3 is 0 Å². The lowest BCUT2D eigenvalue weighted by atomic mass is 9.95. The second-order valence-corrected chi connectivity index (χ2v) is 4.16. The molecule has 1 aliphatic carbocycles. The minimum atomic E-state index is -0.476. The maximum Gasteiger partial charge on any atom is 0.172 e. The number of carbonyl (C=O) groups is 1. The molecule has 0 unspecified atom stereocenters. The largest absolute Gasteiger partial charge is 0.496 e. The zero-order chi connectivity index (χ0) is 11.5. The van der Waals surface area contributed by atoms with Gasteiger partial charge in [0.25, 0.3) is 0 Å². The smallest absolute Gasteiger partial charge is 0.172 e. The predicted molar refractivity (Wildman–Crippen MR) is 59.2 cm³/mol.